The van der Waals surface area contributed by atoms with Crippen LogP contribution in [0.1, 0.15) is 82.5 Å². The molecule has 26 nitrogen and oxygen atoms in total. The van der Waals surface area contributed by atoms with Crippen LogP contribution in [0.5, 0.6) is 0 Å². The zero-order chi connectivity index (χ0) is 59.4. The number of thiol groups is 2. The molecule has 0 aliphatic carbocycles. The van der Waals surface area contributed by atoms with Crippen molar-refractivity contribution in [1.29, 1.82) is 0 Å². The molecular weight excluding hydrogens is 1080 g/mol. The first-order valence-electron chi connectivity index (χ1n) is 26.5. The van der Waals surface area contributed by atoms with E-state index in [-0.39, 0.29) is 75.5 Å². The highest BCUT2D eigenvalue weighted by atomic mass is 32.1. The Morgan fingerprint density at radius 1 is 0.605 bits per heavy atom. The van der Waals surface area contributed by atoms with Gasteiger partial charge in [0.2, 0.25) is 59.1 Å². The molecule has 0 saturated carbocycles. The van der Waals surface area contributed by atoms with Crippen LogP contribution in [0, 0.1) is 0 Å². The zero-order valence-electron chi connectivity index (χ0n) is 45.5. The van der Waals surface area contributed by atoms with E-state index in [0.29, 0.717) is 29.7 Å². The van der Waals surface area contributed by atoms with Crippen LogP contribution in [0.3, 0.4) is 0 Å². The fraction of sp³-hybridized carbons (Fsp3) is 0.472. The lowest BCUT2D eigenvalue weighted by Crippen LogP contribution is -2.60. The van der Waals surface area contributed by atoms with Gasteiger partial charge in [-0.15, -0.1) is 0 Å². The number of nitrogens with two attached hydrogens (primary N) is 3. The Morgan fingerprint density at radius 2 is 1.17 bits per heavy atom. The smallest absolute Gasteiger partial charge is 0.244 e. The fourth-order valence-electron chi connectivity index (χ4n) is 8.33. The Kier molecular flexibility index (Phi) is 27.5. The van der Waals surface area contributed by atoms with E-state index in [1.54, 1.807) is 36.5 Å². The number of H-pyrrole nitrogens is 2. The molecule has 2 aromatic heterocycles. The number of para-hydroxylation sites is 1. The number of primary amides is 1. The van der Waals surface area contributed by atoms with E-state index in [1.165, 1.54) is 26.4 Å². The number of nitrogens with one attached hydrogen (secondary N) is 11. The minimum absolute atomic E-state index is 0.00142. The van der Waals surface area contributed by atoms with Crippen LogP contribution < -0.4 is 65.1 Å². The molecule has 440 valence electrons. The minimum Gasteiger partial charge on any atom is -0.370 e. The molecule has 0 fully saturated rings. The number of amides is 10. The molecule has 8 atom stereocenters. The van der Waals surface area contributed by atoms with Gasteiger partial charge >= 0.3 is 0 Å². The number of aliphatic imine (C=N–C) groups is 1. The van der Waals surface area contributed by atoms with Crippen molar-refractivity contribution in [3.8, 4) is 0 Å². The van der Waals surface area contributed by atoms with E-state index in [9.17, 15) is 47.9 Å². The van der Waals surface area contributed by atoms with Gasteiger partial charge in [-0.25, -0.2) is 4.98 Å². The van der Waals surface area contributed by atoms with Gasteiger partial charge in [0.15, 0.2) is 5.96 Å². The monoisotopic (exact) mass is 1160 g/mol. The number of carbonyl (C=O) groups excluding carboxylic acids is 10. The maximum atomic E-state index is 14.7. The zero-order valence-corrected chi connectivity index (χ0v) is 47.3. The van der Waals surface area contributed by atoms with Crippen LogP contribution in [0.15, 0.2) is 78.3 Å². The molecule has 0 bridgehead atoms. The predicted octanol–water partition coefficient (Wildman–Crippen LogP) is -1.68. The second kappa shape index (κ2) is 34.1. The van der Waals surface area contributed by atoms with Gasteiger partial charge in [-0.05, 0) is 49.8 Å². The lowest BCUT2D eigenvalue weighted by Gasteiger charge is -2.27. The summed E-state index contributed by atoms with van der Waals surface area (Å²) in [7, 11) is 0. The van der Waals surface area contributed by atoms with Gasteiger partial charge in [-0.1, -0.05) is 68.3 Å². The van der Waals surface area contributed by atoms with Crippen LogP contribution in [0.4, 0.5) is 0 Å². The van der Waals surface area contributed by atoms with Crippen LogP contribution >= 0.6 is 25.3 Å². The highest BCUT2D eigenvalue weighted by molar-refractivity contribution is 7.80. The normalized spacial score (nSPS) is 13.9. The number of hydrogen-bond donors (Lipinski definition) is 16. The van der Waals surface area contributed by atoms with E-state index < -0.39 is 107 Å². The molecule has 4 aromatic rings. The Hall–Kier alpha value is -8.14. The number of hydrogen-bond acceptors (Lipinski definition) is 14. The Labute approximate surface area is 480 Å². The summed E-state index contributed by atoms with van der Waals surface area (Å²) in [4.78, 5) is 148. The second-order valence-electron chi connectivity index (χ2n) is 19.2. The van der Waals surface area contributed by atoms with Gasteiger partial charge in [-0.2, -0.15) is 25.3 Å². The topological polar surface area (TPSA) is 414 Å². The molecule has 10 amide bonds. The number of nitrogens with zero attached hydrogens (tertiary/aromatic N) is 2. The third-order valence-electron chi connectivity index (χ3n) is 12.7. The summed E-state index contributed by atoms with van der Waals surface area (Å²) in [5.41, 5.74) is 19.0. The first-order chi connectivity index (χ1) is 38.7. The number of aromatic nitrogens is 3. The number of benzene rings is 2. The number of rotatable bonds is 35. The van der Waals surface area contributed by atoms with Gasteiger partial charge in [0.05, 0.1) is 6.33 Å². The average Bonchev–Trinajstić information content (AvgIpc) is 4.13. The highest BCUT2D eigenvalue weighted by Gasteiger charge is 2.34. The van der Waals surface area contributed by atoms with E-state index in [1.807, 2.05) is 31.2 Å². The van der Waals surface area contributed by atoms with Gasteiger partial charge < -0.3 is 75.0 Å². The molecule has 4 rings (SSSR count). The Morgan fingerprint density at radius 3 is 1.79 bits per heavy atom. The largest absolute Gasteiger partial charge is 0.370 e. The van der Waals surface area contributed by atoms with Crippen molar-refractivity contribution < 1.29 is 47.9 Å². The van der Waals surface area contributed by atoms with E-state index in [2.05, 4.69) is 93.1 Å². The summed E-state index contributed by atoms with van der Waals surface area (Å²) in [6, 6.07) is 6.30. The van der Waals surface area contributed by atoms with Gasteiger partial charge in [0.1, 0.15) is 48.3 Å². The summed E-state index contributed by atoms with van der Waals surface area (Å²) in [6.07, 6.45) is 6.15. The van der Waals surface area contributed by atoms with Crippen molar-refractivity contribution in [3.05, 3.63) is 90.1 Å². The Bertz CT molecular complexity index is 2780. The number of guanidine groups is 1. The van der Waals surface area contributed by atoms with Crippen molar-refractivity contribution in [2.45, 2.75) is 133 Å². The molecule has 17 N–H and O–H groups in total. The van der Waals surface area contributed by atoms with Crippen molar-refractivity contribution in [2.24, 2.45) is 22.2 Å². The standard InChI is InChI=1S/C53H76N16O10S2/c1-4-5-16-37(63-31(3)70)48(75)69-43(28-81)52(79)62-30(2)46(73)66-41(24-34-26-57-29-61-34)51(78)67-39(22-32-13-7-6-8-14-32)50(77)65-38(18-11-21-59-53(55)56)49(76)68-40(23-33-25-60-36-17-10-9-15-35(33)36)47(74)58-20-12-19-44(71)64-42(27-80)45(54)72/h6-10,13-15,17,25-26,29-30,37-43,60,80-81H,4-5,11-12,16,18-24,27-28H2,1-3H3,(H2,54,72)(H,57,61)(H,58,74)(H,62,79)(H,63,70)(H,64,71)(H,65,77)(H,66,73)(H,67,78)(H,68,76)(H,69,75)(H4,55,56,59)/t30-,37+,38+,39-,40+,41+,42+,43+/m1/s1. The fourth-order valence-corrected chi connectivity index (χ4v) is 8.85. The van der Waals surface area contributed by atoms with Crippen LogP contribution in [0.2, 0.25) is 0 Å². The second-order valence-corrected chi connectivity index (χ2v) is 19.9. The molecule has 2 aromatic carbocycles. The number of fused-ring (bicyclic) bond motifs is 1. The molecule has 0 unspecified atom stereocenters. The molecular formula is C53H76N16O10S2. The lowest BCUT2D eigenvalue weighted by atomic mass is 10.0. The maximum Gasteiger partial charge on any atom is 0.244 e. The van der Waals surface area contributed by atoms with E-state index in [4.69, 9.17) is 17.2 Å². The highest BCUT2D eigenvalue weighted by Crippen LogP contribution is 2.20. The van der Waals surface area contributed by atoms with Gasteiger partial charge in [0, 0.05) is 86.2 Å². The molecule has 2 heterocycles. The summed E-state index contributed by atoms with van der Waals surface area (Å²) >= 11 is 8.28. The van der Waals surface area contributed by atoms with Crippen LogP contribution in [-0.2, 0) is 67.2 Å². The number of unbranched alkanes of at least 4 members (excludes halogenated alkanes) is 1. The molecule has 0 aliphatic heterocycles. The first-order valence-corrected chi connectivity index (χ1v) is 27.8. The number of aromatic amines is 2. The lowest BCUT2D eigenvalue weighted by molar-refractivity contribution is -0.135. The average molecular weight is 1160 g/mol. The van der Waals surface area contributed by atoms with E-state index in [0.717, 1.165) is 17.3 Å². The molecule has 28 heteroatoms. The number of carbonyl (C=O) groups is 10. The quantitative estimate of drug-likeness (QED) is 0.0106. The minimum atomic E-state index is -1.39. The first kappa shape index (κ1) is 65.4. The molecule has 81 heavy (non-hydrogen) atoms. The third-order valence-corrected chi connectivity index (χ3v) is 13.4. The van der Waals surface area contributed by atoms with Gasteiger partial charge in [-0.3, -0.25) is 52.9 Å². The SMILES string of the molecule is CCCC[C@H](NC(C)=O)C(=O)N[C@@H](CS)C(=O)N[C@H](C)C(=O)N[C@@H](Cc1cnc[nH]1)C(=O)N[C@H](Cc1ccccc1)C(=O)N[C@@H](CCCN=C(N)N)C(=O)N[C@@H](Cc1c[nH]c2ccccc12)C(=O)NCCCC(=O)N[C@@H](CS)C(N)=O. The van der Waals surface area contributed by atoms with Crippen molar-refractivity contribution in [1.82, 2.24) is 62.8 Å². The summed E-state index contributed by atoms with van der Waals surface area (Å²) in [6.45, 7) is 4.62. The predicted molar refractivity (Wildman–Crippen MR) is 310 cm³/mol. The van der Waals surface area contributed by atoms with Gasteiger partial charge in [0.25, 0.3) is 0 Å². The van der Waals surface area contributed by atoms with Crippen LogP contribution in [0.25, 0.3) is 10.9 Å². The molecule has 0 radical (unpaired) electrons. The molecule has 0 saturated heterocycles. The van der Waals surface area contributed by atoms with Crippen LogP contribution in [-0.4, -0.2) is 153 Å². The summed E-state index contributed by atoms with van der Waals surface area (Å²) in [5.74, 6) is -7.26. The van der Waals surface area contributed by atoms with Crippen molar-refractivity contribution >= 4 is 101 Å². The van der Waals surface area contributed by atoms with Crippen molar-refractivity contribution in [3.63, 3.8) is 0 Å². The summed E-state index contributed by atoms with van der Waals surface area (Å²) < 4.78 is 0. The molecule has 0 spiro atoms. The number of imidazole rings is 1. The maximum absolute atomic E-state index is 14.7. The Balaban J connectivity index is 1.58. The third kappa shape index (κ3) is 22.5. The van der Waals surface area contributed by atoms with Crippen molar-refractivity contribution in [2.75, 3.05) is 24.6 Å². The molecule has 0 aliphatic rings. The van der Waals surface area contributed by atoms with E-state index >= 15 is 0 Å². The summed E-state index contributed by atoms with van der Waals surface area (Å²) in [5, 5.41) is 24.8.